The van der Waals surface area contributed by atoms with Gasteiger partial charge in [-0.2, -0.15) is 5.26 Å². The van der Waals surface area contributed by atoms with Crippen LogP contribution in [0.15, 0.2) is 66.7 Å². The number of anilines is 1. The van der Waals surface area contributed by atoms with Crippen molar-refractivity contribution < 1.29 is 24.3 Å². The predicted octanol–water partition coefficient (Wildman–Crippen LogP) is 5.30. The van der Waals surface area contributed by atoms with Gasteiger partial charge in [0.1, 0.15) is 0 Å². The van der Waals surface area contributed by atoms with Gasteiger partial charge in [-0.05, 0) is 47.7 Å². The van der Waals surface area contributed by atoms with Crippen molar-refractivity contribution in [3.63, 3.8) is 0 Å². The lowest BCUT2D eigenvalue weighted by molar-refractivity contribution is -0.727. The third-order valence-electron chi connectivity index (χ3n) is 5.27. The van der Waals surface area contributed by atoms with E-state index in [4.69, 9.17) is 4.74 Å². The van der Waals surface area contributed by atoms with Gasteiger partial charge in [-0.25, -0.2) is 9.63 Å². The maximum Gasteiger partial charge on any atom is 0.414 e. The molecule has 1 amide bonds. The first-order valence-corrected chi connectivity index (χ1v) is 10.9. The van der Waals surface area contributed by atoms with Crippen molar-refractivity contribution >= 4 is 17.7 Å². The molecule has 0 bridgehead atoms. The van der Waals surface area contributed by atoms with Gasteiger partial charge in [0.05, 0.1) is 36.0 Å². The second-order valence-corrected chi connectivity index (χ2v) is 7.41. The Bertz CT molecular complexity index is 1280. The summed E-state index contributed by atoms with van der Waals surface area (Å²) in [5.74, 6) is -1.20. The third kappa shape index (κ3) is 5.81. The fraction of sp³-hybridized carbons (Fsp3) is 0.192. The Balaban J connectivity index is 2.10. The highest BCUT2D eigenvalue weighted by Crippen LogP contribution is 2.31. The molecule has 0 saturated heterocycles. The molecule has 178 valence electrons. The Labute approximate surface area is 202 Å². The third-order valence-corrected chi connectivity index (χ3v) is 5.27. The minimum atomic E-state index is -1.20. The van der Waals surface area contributed by atoms with Crippen LogP contribution in [0.5, 0.6) is 0 Å². The summed E-state index contributed by atoms with van der Waals surface area (Å²) >= 11 is 0. The SMILES string of the molecule is CCOC(=O)N(Cc1ccc(-c2ccccc2)c(C#N)c1)c1c(CC)cccc1C(=O)O[N+](=O)[O-]. The molecule has 0 saturated carbocycles. The Hall–Kier alpha value is -4.71. The summed E-state index contributed by atoms with van der Waals surface area (Å²) in [5, 5.41) is 19.4. The van der Waals surface area contributed by atoms with Crippen LogP contribution in [0.3, 0.4) is 0 Å². The number of nitriles is 1. The van der Waals surface area contributed by atoms with Gasteiger partial charge in [0.2, 0.25) is 0 Å². The molecule has 3 aromatic carbocycles. The van der Waals surface area contributed by atoms with E-state index in [9.17, 15) is 25.0 Å². The Morgan fingerprint density at radius 2 is 1.80 bits per heavy atom. The van der Waals surface area contributed by atoms with E-state index in [1.54, 1.807) is 37.3 Å². The summed E-state index contributed by atoms with van der Waals surface area (Å²) in [4.78, 5) is 41.7. The Morgan fingerprint density at radius 1 is 1.06 bits per heavy atom. The number of carbonyl (C=O) groups excluding carboxylic acids is 2. The zero-order valence-electron chi connectivity index (χ0n) is 19.3. The second kappa shape index (κ2) is 11.4. The van der Waals surface area contributed by atoms with E-state index in [2.05, 4.69) is 10.9 Å². The lowest BCUT2D eigenvalue weighted by Gasteiger charge is -2.26. The number of amides is 1. The van der Waals surface area contributed by atoms with E-state index in [0.717, 1.165) is 11.1 Å². The molecular formula is C26H23N3O6. The van der Waals surface area contributed by atoms with Crippen molar-refractivity contribution in [1.82, 2.24) is 0 Å². The maximum atomic E-state index is 13.0. The normalized spacial score (nSPS) is 10.2. The summed E-state index contributed by atoms with van der Waals surface area (Å²) in [5.41, 5.74) is 3.24. The number of hydrogen-bond acceptors (Lipinski definition) is 7. The molecule has 0 aliphatic rings. The standard InChI is InChI=1S/C26H23N3O6/c1-3-19-11-8-12-23(25(30)35-29(32)33)24(19)28(26(31)34-4-2)17-18-13-14-22(21(15-18)16-27)20-9-6-5-7-10-20/h5-15H,3-4,17H2,1-2H3. The highest BCUT2D eigenvalue weighted by atomic mass is 17.0. The van der Waals surface area contributed by atoms with Crippen LogP contribution in [0, 0.1) is 21.4 Å². The van der Waals surface area contributed by atoms with E-state index in [1.165, 1.54) is 11.0 Å². The minimum absolute atomic E-state index is 0.0433. The van der Waals surface area contributed by atoms with Gasteiger partial charge in [0, 0.05) is 0 Å². The van der Waals surface area contributed by atoms with E-state index < -0.39 is 17.1 Å². The molecule has 0 radical (unpaired) electrons. The van der Waals surface area contributed by atoms with Crippen LogP contribution in [0.25, 0.3) is 11.1 Å². The molecule has 0 aliphatic heterocycles. The summed E-state index contributed by atoms with van der Waals surface area (Å²) in [7, 11) is 0. The molecule has 0 unspecified atom stereocenters. The number of nitrogens with zero attached hydrogens (tertiary/aromatic N) is 3. The van der Waals surface area contributed by atoms with Crippen molar-refractivity contribution in [3.05, 3.63) is 99.1 Å². The molecule has 0 aliphatic carbocycles. The molecule has 0 N–H and O–H groups in total. The molecule has 0 fully saturated rings. The smallest absolute Gasteiger partial charge is 0.414 e. The van der Waals surface area contributed by atoms with E-state index in [1.807, 2.05) is 37.3 Å². The molecule has 35 heavy (non-hydrogen) atoms. The molecule has 0 atom stereocenters. The minimum Gasteiger partial charge on any atom is -0.449 e. The van der Waals surface area contributed by atoms with Crippen molar-refractivity contribution in [2.75, 3.05) is 11.5 Å². The largest absolute Gasteiger partial charge is 0.449 e. The number of aryl methyl sites for hydroxylation is 1. The van der Waals surface area contributed by atoms with Crippen molar-refractivity contribution in [1.29, 1.82) is 5.26 Å². The Kier molecular flexibility index (Phi) is 8.14. The van der Waals surface area contributed by atoms with Crippen LogP contribution < -0.4 is 4.90 Å². The lowest BCUT2D eigenvalue weighted by atomic mass is 9.97. The number of carbonyl (C=O) groups is 2. The van der Waals surface area contributed by atoms with Crippen molar-refractivity contribution in [2.24, 2.45) is 0 Å². The molecule has 3 rings (SSSR count). The number of rotatable bonds is 8. The average molecular weight is 473 g/mol. The van der Waals surface area contributed by atoms with Crippen LogP contribution in [-0.2, 0) is 22.5 Å². The molecular weight excluding hydrogens is 450 g/mol. The summed E-state index contributed by atoms with van der Waals surface area (Å²) < 4.78 is 5.23. The van der Waals surface area contributed by atoms with E-state index in [0.29, 0.717) is 23.1 Å². The average Bonchev–Trinajstić information content (AvgIpc) is 2.86. The number of hydrogen-bond donors (Lipinski definition) is 0. The highest BCUT2D eigenvalue weighted by Gasteiger charge is 2.27. The zero-order valence-corrected chi connectivity index (χ0v) is 19.3. The number of benzene rings is 3. The van der Waals surface area contributed by atoms with Crippen LogP contribution in [0.4, 0.5) is 10.5 Å². The van der Waals surface area contributed by atoms with Gasteiger partial charge >= 0.3 is 17.1 Å². The first-order chi connectivity index (χ1) is 16.9. The monoisotopic (exact) mass is 473 g/mol. The van der Waals surface area contributed by atoms with Crippen LogP contribution in [0.1, 0.15) is 40.9 Å². The van der Waals surface area contributed by atoms with Gasteiger partial charge in [0.25, 0.3) is 0 Å². The first kappa shape index (κ1) is 24.9. The van der Waals surface area contributed by atoms with E-state index >= 15 is 0 Å². The van der Waals surface area contributed by atoms with E-state index in [-0.39, 0.29) is 24.4 Å². The second-order valence-electron chi connectivity index (χ2n) is 7.41. The fourth-order valence-electron chi connectivity index (χ4n) is 3.75. The van der Waals surface area contributed by atoms with Gasteiger partial charge in [-0.3, -0.25) is 9.69 Å². The molecule has 3 aromatic rings. The van der Waals surface area contributed by atoms with Gasteiger partial charge in [-0.15, -0.1) is 10.1 Å². The fourth-order valence-corrected chi connectivity index (χ4v) is 3.75. The topological polar surface area (TPSA) is 123 Å². The molecule has 0 spiro atoms. The number of para-hydroxylation sites is 1. The predicted molar refractivity (Wildman–Crippen MR) is 128 cm³/mol. The zero-order chi connectivity index (χ0) is 25.4. The Morgan fingerprint density at radius 3 is 2.43 bits per heavy atom. The van der Waals surface area contributed by atoms with Crippen LogP contribution >= 0.6 is 0 Å². The molecule has 9 nitrogen and oxygen atoms in total. The first-order valence-electron chi connectivity index (χ1n) is 10.9. The van der Waals surface area contributed by atoms with Crippen molar-refractivity contribution in [3.8, 4) is 17.2 Å². The lowest BCUT2D eigenvalue weighted by Crippen LogP contribution is -2.33. The van der Waals surface area contributed by atoms with Gasteiger partial charge < -0.3 is 4.74 Å². The van der Waals surface area contributed by atoms with Crippen LogP contribution in [0.2, 0.25) is 0 Å². The highest BCUT2D eigenvalue weighted by molar-refractivity contribution is 6.01. The summed E-state index contributed by atoms with van der Waals surface area (Å²) in [6, 6.07) is 21.5. The van der Waals surface area contributed by atoms with Gasteiger partial charge in [-0.1, -0.05) is 61.5 Å². The molecule has 0 aromatic heterocycles. The maximum absolute atomic E-state index is 13.0. The van der Waals surface area contributed by atoms with Gasteiger partial charge in [0.15, 0.2) is 0 Å². The summed E-state index contributed by atoms with van der Waals surface area (Å²) in [6.45, 7) is 3.51. The van der Waals surface area contributed by atoms with Crippen molar-refractivity contribution in [2.45, 2.75) is 26.8 Å². The molecule has 9 heteroatoms. The van der Waals surface area contributed by atoms with Crippen LogP contribution in [-0.4, -0.2) is 23.8 Å². The molecule has 0 heterocycles. The number of ether oxygens (including phenoxy) is 1. The quantitative estimate of drug-likeness (QED) is 0.321. The summed E-state index contributed by atoms with van der Waals surface area (Å²) in [6.07, 6.45) is -0.310.